The number of nitrogens with one attached hydrogen (secondary N) is 1. The maximum Gasteiger partial charge on any atom is 0.328 e. The molecule has 7 heteroatoms. The van der Waals surface area contributed by atoms with Gasteiger partial charge in [-0.2, -0.15) is 0 Å². The Kier molecular flexibility index (Phi) is 3.57. The number of aliphatic hydroxyl groups is 1. The van der Waals surface area contributed by atoms with Crippen LogP contribution in [0, 0.1) is 0 Å². The van der Waals surface area contributed by atoms with Crippen LogP contribution in [0.4, 0.5) is 0 Å². The molecule has 0 atom stereocenters. The van der Waals surface area contributed by atoms with Gasteiger partial charge < -0.3 is 19.6 Å². The molecule has 2 N–H and O–H groups in total. The summed E-state index contributed by atoms with van der Waals surface area (Å²) in [6.07, 6.45) is 0. The molecular weight excluding hydrogens is 252 g/mol. The molecule has 0 saturated carbocycles. The average molecular weight is 266 g/mol. The first kappa shape index (κ1) is 13.2. The van der Waals surface area contributed by atoms with Gasteiger partial charge >= 0.3 is 5.69 Å². The summed E-state index contributed by atoms with van der Waals surface area (Å²) in [5, 5.41) is 9.16. The summed E-state index contributed by atoms with van der Waals surface area (Å²) >= 11 is 0. The van der Waals surface area contributed by atoms with Crippen LogP contribution < -0.4 is 20.7 Å². The lowest BCUT2D eigenvalue weighted by molar-refractivity contribution is 0.272. The average Bonchev–Trinajstić information content (AvgIpc) is 2.42. The van der Waals surface area contributed by atoms with Gasteiger partial charge in [-0.1, -0.05) is 0 Å². The van der Waals surface area contributed by atoms with Crippen LogP contribution >= 0.6 is 0 Å². The molecule has 1 heterocycles. The van der Waals surface area contributed by atoms with Gasteiger partial charge in [0.15, 0.2) is 11.5 Å². The highest BCUT2D eigenvalue weighted by Crippen LogP contribution is 2.29. The normalized spacial score (nSPS) is 10.7. The zero-order valence-corrected chi connectivity index (χ0v) is 10.6. The molecule has 0 radical (unpaired) electrons. The third-order valence-corrected chi connectivity index (χ3v) is 2.81. The molecule has 0 bridgehead atoms. The van der Waals surface area contributed by atoms with Crippen molar-refractivity contribution in [1.82, 2.24) is 9.55 Å². The Morgan fingerprint density at radius 2 is 1.84 bits per heavy atom. The van der Waals surface area contributed by atoms with E-state index in [4.69, 9.17) is 14.6 Å². The highest BCUT2D eigenvalue weighted by atomic mass is 16.5. The lowest BCUT2D eigenvalue weighted by Crippen LogP contribution is -2.36. The Balaban J connectivity index is 2.82. The van der Waals surface area contributed by atoms with Gasteiger partial charge in [-0.25, -0.2) is 4.79 Å². The van der Waals surface area contributed by atoms with Crippen LogP contribution in [0.5, 0.6) is 11.5 Å². The van der Waals surface area contributed by atoms with Crippen LogP contribution in [0.15, 0.2) is 21.7 Å². The number of aromatic amines is 1. The van der Waals surface area contributed by atoms with E-state index in [9.17, 15) is 9.59 Å². The van der Waals surface area contributed by atoms with Crippen LogP contribution in [-0.4, -0.2) is 35.5 Å². The first-order valence-electron chi connectivity index (χ1n) is 5.62. The van der Waals surface area contributed by atoms with E-state index in [2.05, 4.69) is 4.98 Å². The van der Waals surface area contributed by atoms with Gasteiger partial charge in [0.1, 0.15) is 0 Å². The summed E-state index contributed by atoms with van der Waals surface area (Å²) in [4.78, 5) is 26.4. The van der Waals surface area contributed by atoms with Crippen molar-refractivity contribution < 1.29 is 14.6 Å². The number of ether oxygens (including phenoxy) is 2. The van der Waals surface area contributed by atoms with Crippen LogP contribution in [-0.2, 0) is 6.54 Å². The van der Waals surface area contributed by atoms with Crippen molar-refractivity contribution in [3.8, 4) is 11.5 Å². The van der Waals surface area contributed by atoms with E-state index < -0.39 is 11.2 Å². The summed E-state index contributed by atoms with van der Waals surface area (Å²) < 4.78 is 11.2. The maximum absolute atomic E-state index is 12.1. The smallest absolute Gasteiger partial charge is 0.328 e. The zero-order chi connectivity index (χ0) is 14.0. The third-order valence-electron chi connectivity index (χ3n) is 2.81. The Labute approximate surface area is 108 Å². The Morgan fingerprint density at radius 3 is 2.42 bits per heavy atom. The molecule has 102 valence electrons. The second-order valence-corrected chi connectivity index (χ2v) is 3.86. The molecule has 0 amide bonds. The number of methoxy groups -OCH3 is 2. The van der Waals surface area contributed by atoms with Gasteiger partial charge in [-0.15, -0.1) is 0 Å². The quantitative estimate of drug-likeness (QED) is 0.792. The van der Waals surface area contributed by atoms with Gasteiger partial charge in [0.05, 0.1) is 38.3 Å². The molecule has 0 aliphatic rings. The molecule has 2 aromatic rings. The number of H-pyrrole nitrogens is 1. The lowest BCUT2D eigenvalue weighted by Gasteiger charge is -2.10. The molecule has 0 aliphatic heterocycles. The predicted molar refractivity (Wildman–Crippen MR) is 69.0 cm³/mol. The van der Waals surface area contributed by atoms with Crippen LogP contribution in [0.1, 0.15) is 0 Å². The molecule has 19 heavy (non-hydrogen) atoms. The molecule has 0 fully saturated rings. The van der Waals surface area contributed by atoms with Crippen molar-refractivity contribution in [3.63, 3.8) is 0 Å². The largest absolute Gasteiger partial charge is 0.493 e. The topological polar surface area (TPSA) is 93.5 Å². The van der Waals surface area contributed by atoms with E-state index in [1.807, 2.05) is 0 Å². The van der Waals surface area contributed by atoms with Gasteiger partial charge in [0, 0.05) is 6.07 Å². The molecule has 0 unspecified atom stereocenters. The van der Waals surface area contributed by atoms with E-state index in [-0.39, 0.29) is 13.2 Å². The van der Waals surface area contributed by atoms with Crippen molar-refractivity contribution in [2.75, 3.05) is 20.8 Å². The van der Waals surface area contributed by atoms with Gasteiger partial charge in [0.2, 0.25) is 0 Å². The maximum atomic E-state index is 12.1. The fourth-order valence-corrected chi connectivity index (χ4v) is 1.88. The minimum Gasteiger partial charge on any atom is -0.493 e. The number of benzene rings is 1. The van der Waals surface area contributed by atoms with E-state index in [1.165, 1.54) is 26.4 Å². The second-order valence-electron chi connectivity index (χ2n) is 3.86. The number of fused-ring (bicyclic) bond motifs is 1. The monoisotopic (exact) mass is 266 g/mol. The number of nitrogens with zero attached hydrogens (tertiary/aromatic N) is 1. The fourth-order valence-electron chi connectivity index (χ4n) is 1.88. The predicted octanol–water partition coefficient (Wildman–Crippen LogP) is -0.301. The SMILES string of the molecule is COc1cc2[nH]c(=O)n(CCO)c(=O)c2cc1OC. The molecule has 1 aromatic heterocycles. The lowest BCUT2D eigenvalue weighted by atomic mass is 10.2. The number of hydrogen-bond acceptors (Lipinski definition) is 5. The summed E-state index contributed by atoms with van der Waals surface area (Å²) in [6.45, 7) is -0.347. The Hall–Kier alpha value is -2.28. The highest BCUT2D eigenvalue weighted by Gasteiger charge is 2.12. The minimum absolute atomic E-state index is 0.0571. The molecule has 0 saturated heterocycles. The second kappa shape index (κ2) is 5.15. The van der Waals surface area contributed by atoms with Crippen molar-refractivity contribution in [3.05, 3.63) is 33.0 Å². The first-order valence-corrected chi connectivity index (χ1v) is 5.62. The van der Waals surface area contributed by atoms with E-state index in [0.29, 0.717) is 22.4 Å². The van der Waals surface area contributed by atoms with Crippen molar-refractivity contribution in [2.24, 2.45) is 0 Å². The molecular formula is C12H14N2O5. The Morgan fingerprint density at radius 1 is 1.21 bits per heavy atom. The number of rotatable bonds is 4. The summed E-state index contributed by atoms with van der Waals surface area (Å²) in [7, 11) is 2.93. The number of aliphatic hydroxyl groups excluding tert-OH is 1. The van der Waals surface area contributed by atoms with Crippen LogP contribution in [0.2, 0.25) is 0 Å². The van der Waals surface area contributed by atoms with Gasteiger partial charge in [-0.05, 0) is 6.07 Å². The Bertz CT molecular complexity index is 716. The molecule has 0 spiro atoms. The van der Waals surface area contributed by atoms with E-state index >= 15 is 0 Å². The number of hydrogen-bond donors (Lipinski definition) is 2. The molecule has 0 aliphatic carbocycles. The third kappa shape index (κ3) is 2.19. The minimum atomic E-state index is -0.571. The molecule has 2 rings (SSSR count). The zero-order valence-electron chi connectivity index (χ0n) is 10.6. The van der Waals surface area contributed by atoms with Crippen molar-refractivity contribution in [1.29, 1.82) is 0 Å². The van der Waals surface area contributed by atoms with Crippen molar-refractivity contribution >= 4 is 10.9 Å². The van der Waals surface area contributed by atoms with Crippen molar-refractivity contribution in [2.45, 2.75) is 6.54 Å². The van der Waals surface area contributed by atoms with E-state index in [1.54, 1.807) is 0 Å². The molecule has 1 aromatic carbocycles. The fraction of sp³-hybridized carbons (Fsp3) is 0.333. The van der Waals surface area contributed by atoms with Gasteiger partial charge in [-0.3, -0.25) is 9.36 Å². The summed E-state index contributed by atoms with van der Waals surface area (Å²) in [5.74, 6) is 0.819. The van der Waals surface area contributed by atoms with Gasteiger partial charge in [0.25, 0.3) is 5.56 Å². The summed E-state index contributed by atoms with van der Waals surface area (Å²) in [6, 6.07) is 3.03. The van der Waals surface area contributed by atoms with Crippen LogP contribution in [0.25, 0.3) is 10.9 Å². The summed E-state index contributed by atoms with van der Waals surface area (Å²) in [5.41, 5.74) is -0.686. The van der Waals surface area contributed by atoms with Crippen LogP contribution in [0.3, 0.4) is 0 Å². The number of aromatic nitrogens is 2. The first-order chi connectivity index (χ1) is 9.12. The van der Waals surface area contributed by atoms with E-state index in [0.717, 1.165) is 4.57 Å². The molecule has 7 nitrogen and oxygen atoms in total. The highest BCUT2D eigenvalue weighted by molar-refractivity contribution is 5.81. The standard InChI is InChI=1S/C12H14N2O5/c1-18-9-5-7-8(6-10(9)19-2)13-12(17)14(3-4-15)11(7)16/h5-6,15H,3-4H2,1-2H3,(H,13,17).